The van der Waals surface area contributed by atoms with Crippen LogP contribution in [0.2, 0.25) is 0 Å². The molecular formula is C11H19N3O. The number of aromatic nitrogens is 2. The zero-order chi connectivity index (χ0) is 10.8. The molecule has 1 unspecified atom stereocenters. The number of nitrogens with zero attached hydrogens (tertiary/aromatic N) is 2. The summed E-state index contributed by atoms with van der Waals surface area (Å²) in [6.07, 6.45) is 5.57. The van der Waals surface area contributed by atoms with Crippen molar-refractivity contribution in [2.45, 2.75) is 44.9 Å². The third-order valence-corrected chi connectivity index (χ3v) is 2.77. The van der Waals surface area contributed by atoms with Gasteiger partial charge >= 0.3 is 0 Å². The number of rotatable bonds is 5. The van der Waals surface area contributed by atoms with E-state index in [9.17, 15) is 5.11 Å². The van der Waals surface area contributed by atoms with Crippen molar-refractivity contribution in [1.82, 2.24) is 14.9 Å². The summed E-state index contributed by atoms with van der Waals surface area (Å²) >= 11 is 0. The van der Waals surface area contributed by atoms with Gasteiger partial charge in [-0.15, -0.1) is 0 Å². The second-order valence-electron chi connectivity index (χ2n) is 4.52. The smallest absolute Gasteiger partial charge is 0.108 e. The highest BCUT2D eigenvalue weighted by atomic mass is 16.3. The summed E-state index contributed by atoms with van der Waals surface area (Å²) in [6.45, 7) is 4.81. The molecule has 1 fully saturated rings. The second kappa shape index (κ2) is 4.33. The fraction of sp³-hybridized carbons (Fsp3) is 0.727. The lowest BCUT2D eigenvalue weighted by molar-refractivity contribution is 0.163. The Morgan fingerprint density at radius 1 is 1.60 bits per heavy atom. The lowest BCUT2D eigenvalue weighted by atomic mass is 10.2. The van der Waals surface area contributed by atoms with Gasteiger partial charge in [0.2, 0.25) is 0 Å². The first kappa shape index (κ1) is 10.6. The first-order valence-electron chi connectivity index (χ1n) is 5.61. The summed E-state index contributed by atoms with van der Waals surface area (Å²) in [7, 11) is 0. The van der Waals surface area contributed by atoms with E-state index in [1.165, 1.54) is 12.8 Å². The van der Waals surface area contributed by atoms with Crippen LogP contribution in [0.5, 0.6) is 0 Å². The highest BCUT2D eigenvalue weighted by Crippen LogP contribution is 2.21. The number of aliphatic hydroxyl groups excluding tert-OH is 1. The lowest BCUT2D eigenvalue weighted by Gasteiger charge is -2.16. The Morgan fingerprint density at radius 2 is 2.33 bits per heavy atom. The Hall–Kier alpha value is -0.870. The lowest BCUT2D eigenvalue weighted by Crippen LogP contribution is -2.25. The van der Waals surface area contributed by atoms with E-state index in [2.05, 4.69) is 24.1 Å². The molecule has 0 amide bonds. The standard InChI is InChI=1S/C11H19N3O/c1-8(2)14-7-12-5-10(14)11(15)6-13-9-3-4-9/h5,7-9,11,13,15H,3-4,6H2,1-2H3. The van der Waals surface area contributed by atoms with Crippen LogP contribution in [0.15, 0.2) is 12.5 Å². The molecule has 0 bridgehead atoms. The van der Waals surface area contributed by atoms with Crippen LogP contribution >= 0.6 is 0 Å². The van der Waals surface area contributed by atoms with Gasteiger partial charge in [0.25, 0.3) is 0 Å². The zero-order valence-corrected chi connectivity index (χ0v) is 9.35. The molecule has 2 N–H and O–H groups in total. The summed E-state index contributed by atoms with van der Waals surface area (Å²) in [6, 6.07) is 0.980. The third-order valence-electron chi connectivity index (χ3n) is 2.77. The van der Waals surface area contributed by atoms with Crippen molar-refractivity contribution in [2.24, 2.45) is 0 Å². The van der Waals surface area contributed by atoms with Crippen LogP contribution in [0.1, 0.15) is 44.5 Å². The van der Waals surface area contributed by atoms with Crippen molar-refractivity contribution in [2.75, 3.05) is 6.54 Å². The maximum atomic E-state index is 9.99. The fourth-order valence-electron chi connectivity index (χ4n) is 1.67. The van der Waals surface area contributed by atoms with E-state index in [1.54, 1.807) is 12.5 Å². The Morgan fingerprint density at radius 3 is 2.93 bits per heavy atom. The van der Waals surface area contributed by atoms with Gasteiger partial charge in [0.15, 0.2) is 0 Å². The van der Waals surface area contributed by atoms with Gasteiger partial charge in [0, 0.05) is 18.6 Å². The molecule has 0 spiro atoms. The van der Waals surface area contributed by atoms with Crippen LogP contribution in [0.4, 0.5) is 0 Å². The molecule has 1 aliphatic rings. The monoisotopic (exact) mass is 209 g/mol. The number of nitrogens with one attached hydrogen (secondary N) is 1. The molecule has 0 radical (unpaired) electrons. The minimum atomic E-state index is -0.449. The Bertz CT molecular complexity index is 317. The highest BCUT2D eigenvalue weighted by molar-refractivity contribution is 5.04. The molecular weight excluding hydrogens is 190 g/mol. The minimum absolute atomic E-state index is 0.345. The number of aliphatic hydroxyl groups is 1. The van der Waals surface area contributed by atoms with Crippen LogP contribution in [-0.2, 0) is 0 Å². The first-order valence-corrected chi connectivity index (χ1v) is 5.61. The molecule has 1 heterocycles. The fourth-order valence-corrected chi connectivity index (χ4v) is 1.67. The van der Waals surface area contributed by atoms with Crippen LogP contribution in [0.25, 0.3) is 0 Å². The van der Waals surface area contributed by atoms with Gasteiger partial charge in [-0.1, -0.05) is 0 Å². The van der Waals surface area contributed by atoms with Crippen molar-refractivity contribution in [3.63, 3.8) is 0 Å². The Labute approximate surface area is 90.3 Å². The van der Waals surface area contributed by atoms with Crippen LogP contribution in [0.3, 0.4) is 0 Å². The molecule has 1 atom stereocenters. The molecule has 1 aliphatic carbocycles. The summed E-state index contributed by atoms with van der Waals surface area (Å²) in [5.41, 5.74) is 0.901. The van der Waals surface area contributed by atoms with E-state index in [-0.39, 0.29) is 0 Å². The second-order valence-corrected chi connectivity index (χ2v) is 4.52. The molecule has 0 saturated heterocycles. The SMILES string of the molecule is CC(C)n1cncc1C(O)CNC1CC1. The number of hydrogen-bond acceptors (Lipinski definition) is 3. The van der Waals surface area contributed by atoms with Gasteiger partial charge in [0.1, 0.15) is 6.10 Å². The van der Waals surface area contributed by atoms with Crippen molar-refractivity contribution in [1.29, 1.82) is 0 Å². The van der Waals surface area contributed by atoms with Gasteiger partial charge in [-0.25, -0.2) is 4.98 Å². The maximum absolute atomic E-state index is 9.99. The molecule has 2 rings (SSSR count). The van der Waals surface area contributed by atoms with Crippen molar-refractivity contribution in [3.05, 3.63) is 18.2 Å². The summed E-state index contributed by atoms with van der Waals surface area (Å²) in [5.74, 6) is 0. The highest BCUT2D eigenvalue weighted by Gasteiger charge is 2.22. The van der Waals surface area contributed by atoms with E-state index in [0.29, 0.717) is 18.6 Å². The topological polar surface area (TPSA) is 50.1 Å². The molecule has 1 saturated carbocycles. The van der Waals surface area contributed by atoms with E-state index in [4.69, 9.17) is 0 Å². The average Bonchev–Trinajstić information content (AvgIpc) is 2.88. The predicted octanol–water partition coefficient (Wildman–Crippen LogP) is 1.25. The van der Waals surface area contributed by atoms with E-state index in [1.807, 2.05) is 4.57 Å². The predicted molar refractivity (Wildman–Crippen MR) is 58.6 cm³/mol. The molecule has 84 valence electrons. The summed E-state index contributed by atoms with van der Waals surface area (Å²) in [4.78, 5) is 4.08. The summed E-state index contributed by atoms with van der Waals surface area (Å²) < 4.78 is 2.01. The van der Waals surface area contributed by atoms with Crippen molar-refractivity contribution in [3.8, 4) is 0 Å². The quantitative estimate of drug-likeness (QED) is 0.767. The van der Waals surface area contributed by atoms with Crippen molar-refractivity contribution < 1.29 is 5.11 Å². The average molecular weight is 209 g/mol. The first-order chi connectivity index (χ1) is 7.18. The van der Waals surface area contributed by atoms with E-state index >= 15 is 0 Å². The number of hydrogen-bond donors (Lipinski definition) is 2. The van der Waals surface area contributed by atoms with Gasteiger partial charge in [-0.05, 0) is 26.7 Å². The van der Waals surface area contributed by atoms with E-state index in [0.717, 1.165) is 5.69 Å². The van der Waals surface area contributed by atoms with Gasteiger partial charge in [-0.2, -0.15) is 0 Å². The minimum Gasteiger partial charge on any atom is -0.385 e. The van der Waals surface area contributed by atoms with Crippen molar-refractivity contribution >= 4 is 0 Å². The van der Waals surface area contributed by atoms with Crippen LogP contribution < -0.4 is 5.32 Å². The zero-order valence-electron chi connectivity index (χ0n) is 9.35. The third kappa shape index (κ3) is 2.58. The Kier molecular flexibility index (Phi) is 3.07. The normalized spacial score (nSPS) is 18.4. The molecule has 1 aromatic rings. The molecule has 0 aliphatic heterocycles. The van der Waals surface area contributed by atoms with Crippen LogP contribution in [-0.4, -0.2) is 27.2 Å². The molecule has 0 aromatic carbocycles. The van der Waals surface area contributed by atoms with Gasteiger partial charge in [-0.3, -0.25) is 0 Å². The maximum Gasteiger partial charge on any atom is 0.108 e. The Balaban J connectivity index is 1.96. The van der Waals surface area contributed by atoms with Gasteiger partial charge in [0.05, 0.1) is 18.2 Å². The number of imidazole rings is 1. The van der Waals surface area contributed by atoms with Gasteiger partial charge < -0.3 is 15.0 Å². The molecule has 4 heteroatoms. The summed E-state index contributed by atoms with van der Waals surface area (Å²) in [5, 5.41) is 13.3. The molecule has 1 aromatic heterocycles. The molecule has 4 nitrogen and oxygen atoms in total. The molecule has 15 heavy (non-hydrogen) atoms. The van der Waals surface area contributed by atoms with Crippen LogP contribution in [0, 0.1) is 0 Å². The largest absolute Gasteiger partial charge is 0.385 e. The van der Waals surface area contributed by atoms with E-state index < -0.39 is 6.10 Å².